The van der Waals surface area contributed by atoms with Gasteiger partial charge in [0, 0.05) is 36.8 Å². The van der Waals surface area contributed by atoms with E-state index >= 15 is 0 Å². The van der Waals surface area contributed by atoms with Gasteiger partial charge >= 0.3 is 0 Å². The second-order valence-electron chi connectivity index (χ2n) is 5.84. The number of halogens is 3. The van der Waals surface area contributed by atoms with E-state index in [4.69, 9.17) is 5.21 Å². The molecule has 1 aliphatic rings. The lowest BCUT2D eigenvalue weighted by Crippen LogP contribution is -2.43. The number of carbonyl (C=O) groups is 1. The fraction of sp³-hybridized carbons (Fsp3) is 0.312. The van der Waals surface area contributed by atoms with Crippen LogP contribution in [0.5, 0.6) is 0 Å². The summed E-state index contributed by atoms with van der Waals surface area (Å²) in [6.45, 7) is 1.54. The van der Waals surface area contributed by atoms with Gasteiger partial charge in [0.05, 0.1) is 10.5 Å². The molecule has 7 nitrogen and oxygen atoms in total. The molecule has 0 bridgehead atoms. The molecular weight excluding hydrogens is 416 g/mol. The molecule has 27 heavy (non-hydrogen) atoms. The third kappa shape index (κ3) is 6.12. The average Bonchev–Trinajstić information content (AvgIpc) is 3.28. The van der Waals surface area contributed by atoms with Gasteiger partial charge in [0.1, 0.15) is 0 Å². The summed E-state index contributed by atoms with van der Waals surface area (Å²) in [6, 6.07) is 1.29. The van der Waals surface area contributed by atoms with Crippen LogP contribution in [-0.4, -0.2) is 39.7 Å². The van der Waals surface area contributed by atoms with Crippen molar-refractivity contribution in [3.8, 4) is 0 Å². The molecular formula is C16H20Cl2FN5O2S. The van der Waals surface area contributed by atoms with Crippen LogP contribution in [0.25, 0.3) is 6.08 Å². The first-order valence-corrected chi connectivity index (χ1v) is 8.63. The summed E-state index contributed by atoms with van der Waals surface area (Å²) in [5.41, 5.74) is 1.56. The summed E-state index contributed by atoms with van der Waals surface area (Å²) in [5.74, 6) is -1.02. The molecule has 0 saturated carbocycles. The minimum atomic E-state index is -0.693. The number of carbonyl (C=O) groups excluding carboxylic acids is 1. The molecule has 0 spiro atoms. The topological polar surface area (TPSA) is 99.2 Å². The normalized spacial score (nSPS) is 18.6. The zero-order valence-electron chi connectivity index (χ0n) is 14.1. The third-order valence-corrected chi connectivity index (χ3v) is 4.78. The van der Waals surface area contributed by atoms with E-state index in [0.717, 1.165) is 24.0 Å². The van der Waals surface area contributed by atoms with Crippen LogP contribution in [0, 0.1) is 5.82 Å². The Balaban J connectivity index is 0.00000182. The molecule has 3 heterocycles. The number of aromatic nitrogens is 2. The lowest BCUT2D eigenvalue weighted by Gasteiger charge is -2.29. The molecule has 3 rings (SSSR count). The van der Waals surface area contributed by atoms with E-state index in [-0.39, 0.29) is 36.2 Å². The number of pyridine rings is 1. The number of hydroxylamine groups is 1. The predicted molar refractivity (Wildman–Crippen MR) is 107 cm³/mol. The van der Waals surface area contributed by atoms with E-state index < -0.39 is 11.7 Å². The molecule has 2 aromatic heterocycles. The summed E-state index contributed by atoms with van der Waals surface area (Å²) in [4.78, 5) is 19.4. The van der Waals surface area contributed by atoms with Crippen molar-refractivity contribution < 1.29 is 14.4 Å². The molecule has 148 valence electrons. The largest absolute Gasteiger partial charge is 0.360 e. The van der Waals surface area contributed by atoms with Crippen LogP contribution in [0.3, 0.4) is 0 Å². The molecule has 0 aromatic carbocycles. The Bertz CT molecular complexity index is 770. The van der Waals surface area contributed by atoms with Gasteiger partial charge in [0.15, 0.2) is 11.6 Å². The minimum absolute atomic E-state index is 0. The second-order valence-corrected chi connectivity index (χ2v) is 6.82. The highest BCUT2D eigenvalue weighted by Crippen LogP contribution is 2.27. The van der Waals surface area contributed by atoms with Crippen molar-refractivity contribution in [1.82, 2.24) is 20.8 Å². The first-order valence-electron chi connectivity index (χ1n) is 7.75. The van der Waals surface area contributed by atoms with E-state index in [1.807, 2.05) is 5.38 Å². The smallest absolute Gasteiger partial charge is 0.267 e. The lowest BCUT2D eigenvalue weighted by atomic mass is 9.94. The monoisotopic (exact) mass is 435 g/mol. The summed E-state index contributed by atoms with van der Waals surface area (Å²) >= 11 is 1.58. The Morgan fingerprint density at radius 1 is 1.44 bits per heavy atom. The molecule has 1 aliphatic heterocycles. The number of nitrogens with one attached hydrogen (secondary N) is 3. The second kappa shape index (κ2) is 10.5. The molecule has 0 aliphatic carbocycles. The Morgan fingerprint density at radius 2 is 2.26 bits per heavy atom. The van der Waals surface area contributed by atoms with Gasteiger partial charge in [-0.1, -0.05) is 0 Å². The Hall–Kier alpha value is -1.78. The molecule has 1 fully saturated rings. The van der Waals surface area contributed by atoms with Gasteiger partial charge in [-0.3, -0.25) is 10.0 Å². The number of nitrogens with zero attached hydrogens (tertiary/aromatic N) is 2. The van der Waals surface area contributed by atoms with E-state index in [2.05, 4.69) is 20.6 Å². The van der Waals surface area contributed by atoms with Crippen molar-refractivity contribution in [3.05, 3.63) is 46.3 Å². The van der Waals surface area contributed by atoms with E-state index in [1.165, 1.54) is 23.8 Å². The maximum atomic E-state index is 14.4. The molecule has 1 saturated heterocycles. The zero-order chi connectivity index (χ0) is 17.7. The number of amides is 1. The minimum Gasteiger partial charge on any atom is -0.360 e. The number of hydrogen-bond donors (Lipinski definition) is 4. The van der Waals surface area contributed by atoms with Crippen molar-refractivity contribution in [3.63, 3.8) is 0 Å². The van der Waals surface area contributed by atoms with Crippen LogP contribution in [0.15, 0.2) is 29.9 Å². The van der Waals surface area contributed by atoms with Gasteiger partial charge < -0.3 is 10.6 Å². The van der Waals surface area contributed by atoms with Crippen LogP contribution < -0.4 is 16.1 Å². The molecule has 1 atom stereocenters. The fourth-order valence-corrected chi connectivity index (χ4v) is 3.53. The van der Waals surface area contributed by atoms with Gasteiger partial charge in [-0.05, 0) is 30.7 Å². The molecule has 1 amide bonds. The van der Waals surface area contributed by atoms with E-state index in [1.54, 1.807) is 17.5 Å². The van der Waals surface area contributed by atoms with Crippen LogP contribution in [0.4, 0.5) is 10.2 Å². The first-order chi connectivity index (χ1) is 12.1. The van der Waals surface area contributed by atoms with Crippen LogP contribution in [0.2, 0.25) is 0 Å². The summed E-state index contributed by atoms with van der Waals surface area (Å²) in [5, 5.41) is 17.9. The Labute approximate surface area is 172 Å². The highest BCUT2D eigenvalue weighted by atomic mass is 35.5. The summed E-state index contributed by atoms with van der Waals surface area (Å²) in [6.07, 6.45) is 7.22. The third-order valence-electron chi connectivity index (χ3n) is 4.00. The van der Waals surface area contributed by atoms with Gasteiger partial charge in [-0.25, -0.2) is 19.8 Å². The Kier molecular flexibility index (Phi) is 9.07. The predicted octanol–water partition coefficient (Wildman–Crippen LogP) is 2.43. The SMILES string of the molecule is Cl.Cl.O=C(/C=C/c1cnc(N[C@@]2(Cc3nccs3)CCNC2)c(F)c1)NO. The fourth-order valence-electron chi connectivity index (χ4n) is 2.77. The van der Waals surface area contributed by atoms with Crippen LogP contribution >= 0.6 is 36.2 Å². The summed E-state index contributed by atoms with van der Waals surface area (Å²) < 4.78 is 14.4. The number of anilines is 1. The highest BCUT2D eigenvalue weighted by Gasteiger charge is 2.35. The molecule has 0 unspecified atom stereocenters. The number of rotatable bonds is 6. The number of thiazole rings is 1. The maximum absolute atomic E-state index is 14.4. The van der Waals surface area contributed by atoms with Crippen molar-refractivity contribution >= 4 is 54.0 Å². The maximum Gasteiger partial charge on any atom is 0.267 e. The molecule has 4 N–H and O–H groups in total. The van der Waals surface area contributed by atoms with Crippen molar-refractivity contribution in [2.24, 2.45) is 0 Å². The van der Waals surface area contributed by atoms with Gasteiger partial charge in [0.25, 0.3) is 5.91 Å². The lowest BCUT2D eigenvalue weighted by molar-refractivity contribution is -0.124. The van der Waals surface area contributed by atoms with Gasteiger partial charge in [0.2, 0.25) is 0 Å². The first kappa shape index (κ1) is 23.3. The van der Waals surface area contributed by atoms with Gasteiger partial charge in [-0.2, -0.15) is 0 Å². The van der Waals surface area contributed by atoms with Crippen molar-refractivity contribution in [2.45, 2.75) is 18.4 Å². The highest BCUT2D eigenvalue weighted by molar-refractivity contribution is 7.09. The van der Waals surface area contributed by atoms with Crippen molar-refractivity contribution in [1.29, 1.82) is 0 Å². The van der Waals surface area contributed by atoms with Crippen LogP contribution in [-0.2, 0) is 11.2 Å². The average molecular weight is 436 g/mol. The van der Waals surface area contributed by atoms with E-state index in [9.17, 15) is 9.18 Å². The number of hydrogen-bond acceptors (Lipinski definition) is 7. The standard InChI is InChI=1S/C16H18FN5O2S.2ClH/c17-12-7-11(1-2-13(23)22-24)9-20-15(12)21-16(3-4-18-10-16)8-14-19-5-6-25-14;;/h1-2,5-7,9,18,24H,3-4,8,10H2,(H,20,21)(H,22,23);2*1H/b2-1+;;/t16-;;/m1../s1. The van der Waals surface area contributed by atoms with Crippen LogP contribution in [0.1, 0.15) is 17.0 Å². The van der Waals surface area contributed by atoms with E-state index in [0.29, 0.717) is 18.5 Å². The Morgan fingerprint density at radius 3 is 2.85 bits per heavy atom. The molecule has 11 heteroatoms. The van der Waals surface area contributed by atoms with Gasteiger partial charge in [-0.15, -0.1) is 36.2 Å². The quantitative estimate of drug-likeness (QED) is 0.316. The summed E-state index contributed by atoms with van der Waals surface area (Å²) in [7, 11) is 0. The van der Waals surface area contributed by atoms with Crippen molar-refractivity contribution in [2.75, 3.05) is 18.4 Å². The molecule has 2 aromatic rings. The molecule has 0 radical (unpaired) electrons. The zero-order valence-corrected chi connectivity index (χ0v) is 16.6.